The molecule has 0 radical (unpaired) electrons. The Morgan fingerprint density at radius 2 is 2.41 bits per heavy atom. The van der Waals surface area contributed by atoms with Crippen LogP contribution in [0.3, 0.4) is 0 Å². The summed E-state index contributed by atoms with van der Waals surface area (Å²) in [6, 6.07) is 1.49. The summed E-state index contributed by atoms with van der Waals surface area (Å²) in [5, 5.41) is 3.57. The van der Waals surface area contributed by atoms with E-state index in [1.165, 1.54) is 6.07 Å². The largest absolute Gasteiger partial charge is 0.359 e. The average Bonchev–Trinajstić information content (AvgIpc) is 2.80. The fourth-order valence-corrected chi connectivity index (χ4v) is 1.79. The molecule has 1 aliphatic heterocycles. The van der Waals surface area contributed by atoms with Gasteiger partial charge in [-0.1, -0.05) is 5.16 Å². The molecule has 2 rings (SSSR count). The molecular formula is C10H14N4O3. The van der Waals surface area contributed by atoms with Crippen molar-refractivity contribution in [2.45, 2.75) is 25.8 Å². The van der Waals surface area contributed by atoms with Gasteiger partial charge in [0.1, 0.15) is 0 Å². The highest BCUT2D eigenvalue weighted by atomic mass is 16.5. The maximum absolute atomic E-state index is 11.6. The first-order valence-electron chi connectivity index (χ1n) is 5.45. The molecule has 0 saturated carbocycles. The number of amides is 2. The van der Waals surface area contributed by atoms with Crippen molar-refractivity contribution in [1.82, 2.24) is 15.5 Å². The molecule has 3 N–H and O–H groups in total. The Balaban J connectivity index is 2.01. The molecule has 0 unspecified atom stereocenters. The fraction of sp³-hybridized carbons (Fsp3) is 0.500. The Labute approximate surface area is 97.9 Å². The highest BCUT2D eigenvalue weighted by Crippen LogP contribution is 2.14. The topological polar surface area (TPSA) is 101 Å². The van der Waals surface area contributed by atoms with Crippen LogP contribution in [0.4, 0.5) is 0 Å². The second-order valence-electron chi connectivity index (χ2n) is 3.92. The first-order valence-corrected chi connectivity index (χ1v) is 5.45. The van der Waals surface area contributed by atoms with E-state index in [0.717, 1.165) is 19.4 Å². The smallest absolute Gasteiger partial charge is 0.287 e. The highest BCUT2D eigenvalue weighted by molar-refractivity contribution is 5.91. The summed E-state index contributed by atoms with van der Waals surface area (Å²) in [6.45, 7) is 1.07. The molecule has 7 heteroatoms. The van der Waals surface area contributed by atoms with Crippen molar-refractivity contribution in [2.75, 3.05) is 6.54 Å². The quantitative estimate of drug-likeness (QED) is 0.431. The second kappa shape index (κ2) is 4.96. The number of nitrogens with two attached hydrogens (primary N) is 1. The third kappa shape index (κ3) is 2.62. The molecule has 2 amide bonds. The third-order valence-electron chi connectivity index (χ3n) is 2.69. The molecule has 92 valence electrons. The first kappa shape index (κ1) is 11.6. The van der Waals surface area contributed by atoms with Gasteiger partial charge in [0.25, 0.3) is 5.91 Å². The van der Waals surface area contributed by atoms with Crippen LogP contribution in [0, 0.1) is 0 Å². The first-order chi connectivity index (χ1) is 8.20. The highest BCUT2D eigenvalue weighted by Gasteiger charge is 2.20. The SMILES string of the molecule is NNC(=O)c1cc(CN2CCCCC2=O)on1. The molecule has 0 aliphatic carbocycles. The molecule has 1 fully saturated rings. The van der Waals surface area contributed by atoms with Crippen molar-refractivity contribution >= 4 is 11.8 Å². The molecule has 1 aromatic rings. The third-order valence-corrected chi connectivity index (χ3v) is 2.69. The summed E-state index contributed by atoms with van der Waals surface area (Å²) in [5.74, 6) is 5.06. The normalized spacial score (nSPS) is 16.1. The number of hydrogen-bond donors (Lipinski definition) is 2. The summed E-state index contributed by atoms with van der Waals surface area (Å²) in [7, 11) is 0. The molecule has 1 aliphatic rings. The van der Waals surface area contributed by atoms with E-state index >= 15 is 0 Å². The lowest BCUT2D eigenvalue weighted by atomic mass is 10.1. The number of piperidine rings is 1. The minimum atomic E-state index is -0.509. The summed E-state index contributed by atoms with van der Waals surface area (Å²) in [5.41, 5.74) is 2.08. The summed E-state index contributed by atoms with van der Waals surface area (Å²) >= 11 is 0. The van der Waals surface area contributed by atoms with Crippen molar-refractivity contribution in [3.63, 3.8) is 0 Å². The van der Waals surface area contributed by atoms with E-state index in [1.807, 2.05) is 5.43 Å². The Morgan fingerprint density at radius 3 is 3.12 bits per heavy atom. The number of hydrogen-bond acceptors (Lipinski definition) is 5. The van der Waals surface area contributed by atoms with Crippen LogP contribution < -0.4 is 11.3 Å². The van der Waals surface area contributed by atoms with E-state index in [-0.39, 0.29) is 11.6 Å². The van der Waals surface area contributed by atoms with Crippen LogP contribution in [0.15, 0.2) is 10.6 Å². The molecule has 1 aromatic heterocycles. The predicted octanol–water partition coefficient (Wildman–Crippen LogP) is -0.209. The standard InChI is InChI=1S/C10H14N4O3/c11-12-10(16)8-5-7(17-13-8)6-14-4-2-1-3-9(14)15/h5H,1-4,6,11H2,(H,12,16). The van der Waals surface area contributed by atoms with Crippen LogP contribution in [-0.2, 0) is 11.3 Å². The van der Waals surface area contributed by atoms with Gasteiger partial charge in [0.05, 0.1) is 6.54 Å². The average molecular weight is 238 g/mol. The van der Waals surface area contributed by atoms with Crippen molar-refractivity contribution in [3.05, 3.63) is 17.5 Å². The fourth-order valence-electron chi connectivity index (χ4n) is 1.79. The van der Waals surface area contributed by atoms with Crippen molar-refractivity contribution in [3.8, 4) is 0 Å². The molecule has 0 atom stereocenters. The number of carbonyl (C=O) groups excluding carboxylic acids is 2. The van der Waals surface area contributed by atoms with Gasteiger partial charge in [-0.15, -0.1) is 0 Å². The molecule has 1 saturated heterocycles. The zero-order valence-electron chi connectivity index (χ0n) is 9.31. The lowest BCUT2D eigenvalue weighted by molar-refractivity contribution is -0.134. The Hall–Kier alpha value is -1.89. The van der Waals surface area contributed by atoms with E-state index in [4.69, 9.17) is 10.4 Å². The van der Waals surface area contributed by atoms with Crippen LogP contribution in [0.5, 0.6) is 0 Å². The summed E-state index contributed by atoms with van der Waals surface area (Å²) in [4.78, 5) is 24.4. The van der Waals surface area contributed by atoms with Gasteiger partial charge in [-0.05, 0) is 12.8 Å². The minimum Gasteiger partial charge on any atom is -0.359 e. The number of hydrazine groups is 1. The number of nitrogen functional groups attached to an aromatic ring is 1. The Bertz CT molecular complexity index is 429. The summed E-state index contributed by atoms with van der Waals surface area (Å²) < 4.78 is 4.98. The van der Waals surface area contributed by atoms with Gasteiger partial charge in [-0.2, -0.15) is 0 Å². The second-order valence-corrected chi connectivity index (χ2v) is 3.92. The van der Waals surface area contributed by atoms with Gasteiger partial charge in [0, 0.05) is 19.0 Å². The van der Waals surface area contributed by atoms with E-state index in [9.17, 15) is 9.59 Å². The lowest BCUT2D eigenvalue weighted by Crippen LogP contribution is -2.34. The van der Waals surface area contributed by atoms with E-state index in [0.29, 0.717) is 18.7 Å². The lowest BCUT2D eigenvalue weighted by Gasteiger charge is -2.25. The van der Waals surface area contributed by atoms with E-state index in [1.54, 1.807) is 4.90 Å². The number of likely N-dealkylation sites (tertiary alicyclic amines) is 1. The van der Waals surface area contributed by atoms with Crippen LogP contribution in [-0.4, -0.2) is 28.4 Å². The van der Waals surface area contributed by atoms with Crippen LogP contribution in [0.1, 0.15) is 35.5 Å². The van der Waals surface area contributed by atoms with Gasteiger partial charge in [-0.3, -0.25) is 15.0 Å². The van der Waals surface area contributed by atoms with E-state index in [2.05, 4.69) is 5.16 Å². The molecule has 0 bridgehead atoms. The number of nitrogens with zero attached hydrogens (tertiary/aromatic N) is 2. The predicted molar refractivity (Wildman–Crippen MR) is 57.4 cm³/mol. The van der Waals surface area contributed by atoms with Crippen LogP contribution in [0.2, 0.25) is 0 Å². The molecular weight excluding hydrogens is 224 g/mol. The van der Waals surface area contributed by atoms with E-state index < -0.39 is 5.91 Å². The van der Waals surface area contributed by atoms with Crippen molar-refractivity contribution in [2.24, 2.45) is 5.84 Å². The zero-order chi connectivity index (χ0) is 12.3. The Kier molecular flexibility index (Phi) is 3.38. The zero-order valence-corrected chi connectivity index (χ0v) is 9.31. The number of nitrogens with one attached hydrogen (secondary N) is 1. The number of rotatable bonds is 3. The van der Waals surface area contributed by atoms with Crippen LogP contribution in [0.25, 0.3) is 0 Å². The Morgan fingerprint density at radius 1 is 1.59 bits per heavy atom. The van der Waals surface area contributed by atoms with Crippen molar-refractivity contribution in [1.29, 1.82) is 0 Å². The van der Waals surface area contributed by atoms with Crippen molar-refractivity contribution < 1.29 is 14.1 Å². The summed E-state index contributed by atoms with van der Waals surface area (Å²) in [6.07, 6.45) is 2.51. The van der Waals surface area contributed by atoms with Gasteiger partial charge in [-0.25, -0.2) is 5.84 Å². The minimum absolute atomic E-state index is 0.109. The molecule has 7 nitrogen and oxygen atoms in total. The van der Waals surface area contributed by atoms with Gasteiger partial charge in [0.15, 0.2) is 11.5 Å². The maximum Gasteiger partial charge on any atom is 0.287 e. The molecule has 0 spiro atoms. The van der Waals surface area contributed by atoms with Gasteiger partial charge < -0.3 is 9.42 Å². The van der Waals surface area contributed by atoms with Gasteiger partial charge in [0.2, 0.25) is 5.91 Å². The maximum atomic E-state index is 11.6. The molecule has 17 heavy (non-hydrogen) atoms. The monoisotopic (exact) mass is 238 g/mol. The number of aromatic nitrogens is 1. The van der Waals surface area contributed by atoms with Gasteiger partial charge >= 0.3 is 0 Å². The van der Waals surface area contributed by atoms with Crippen LogP contribution >= 0.6 is 0 Å². The number of carbonyl (C=O) groups is 2. The molecule has 0 aromatic carbocycles. The molecule has 2 heterocycles.